The number of hydrogen-bond acceptors (Lipinski definition) is 6. The third kappa shape index (κ3) is 5.21. The highest BCUT2D eigenvalue weighted by Gasteiger charge is 2.19. The molecule has 1 aromatic heterocycles. The average molecular weight is 420 g/mol. The minimum Gasteiger partial charge on any atom is -0.469 e. The van der Waals surface area contributed by atoms with Crippen LogP contribution in [0, 0.1) is 0 Å². The van der Waals surface area contributed by atoms with Crippen molar-refractivity contribution in [2.24, 2.45) is 5.73 Å². The summed E-state index contributed by atoms with van der Waals surface area (Å²) >= 11 is 3.27. The number of aromatic nitrogens is 1. The normalized spacial score (nSPS) is 11.5. The van der Waals surface area contributed by atoms with Gasteiger partial charge in [0, 0.05) is 22.7 Å². The summed E-state index contributed by atoms with van der Waals surface area (Å²) in [5.74, 6) is -1.25. The smallest absolute Gasteiger partial charge is 0.305 e. The minimum atomic E-state index is -0.900. The van der Waals surface area contributed by atoms with Gasteiger partial charge in [-0.25, -0.2) is 0 Å². The number of ketones is 1. The van der Waals surface area contributed by atoms with E-state index in [0.717, 1.165) is 4.47 Å². The molecule has 7 nitrogen and oxygen atoms in total. The fourth-order valence-electron chi connectivity index (χ4n) is 2.17. The Hall–Kier alpha value is -2.58. The van der Waals surface area contributed by atoms with Crippen molar-refractivity contribution in [3.05, 3.63) is 58.3 Å². The van der Waals surface area contributed by atoms with Crippen LogP contribution in [0.5, 0.6) is 0 Å². The molecule has 0 unspecified atom stereocenters. The second kappa shape index (κ2) is 9.21. The number of amides is 1. The molecule has 1 aromatic carbocycles. The Balaban J connectivity index is 2.13. The first kappa shape index (κ1) is 19.7. The quantitative estimate of drug-likeness (QED) is 0.525. The fourth-order valence-corrected chi connectivity index (χ4v) is 2.40. The lowest BCUT2D eigenvalue weighted by Gasteiger charge is -2.14. The molecule has 2 aromatic rings. The number of rotatable bonds is 7. The van der Waals surface area contributed by atoms with Gasteiger partial charge in [0.15, 0.2) is 0 Å². The summed E-state index contributed by atoms with van der Waals surface area (Å²) in [5, 5.41) is 2.64. The van der Waals surface area contributed by atoms with Crippen LogP contribution in [0.4, 0.5) is 5.69 Å². The van der Waals surface area contributed by atoms with Crippen molar-refractivity contribution in [1.82, 2.24) is 4.98 Å². The van der Waals surface area contributed by atoms with Gasteiger partial charge in [0.25, 0.3) is 0 Å². The number of methoxy groups -OCH3 is 1. The van der Waals surface area contributed by atoms with Crippen LogP contribution in [0.15, 0.2) is 47.1 Å². The Morgan fingerprint density at radius 2 is 1.96 bits per heavy atom. The van der Waals surface area contributed by atoms with E-state index >= 15 is 0 Å². The molecule has 0 radical (unpaired) electrons. The van der Waals surface area contributed by atoms with Crippen molar-refractivity contribution in [2.75, 3.05) is 12.4 Å². The lowest BCUT2D eigenvalue weighted by molar-refractivity contribution is -0.140. The molecule has 1 heterocycles. The number of nitrogens with two attached hydrogens (primary N) is 1. The number of carbonyl (C=O) groups excluding carboxylic acids is 3. The number of ether oxygens (including phenoxy) is 1. The van der Waals surface area contributed by atoms with Crippen LogP contribution in [0.1, 0.15) is 28.9 Å². The molecule has 3 N–H and O–H groups in total. The van der Waals surface area contributed by atoms with Gasteiger partial charge in [-0.3, -0.25) is 19.4 Å². The summed E-state index contributed by atoms with van der Waals surface area (Å²) < 4.78 is 5.28. The number of nitrogens with one attached hydrogen (secondary N) is 1. The summed E-state index contributed by atoms with van der Waals surface area (Å²) in [6, 6.07) is 9.00. The van der Waals surface area contributed by atoms with Crippen LogP contribution in [0.25, 0.3) is 0 Å². The van der Waals surface area contributed by atoms with E-state index in [1.807, 2.05) is 0 Å². The molecule has 136 valence electrons. The van der Waals surface area contributed by atoms with E-state index in [1.165, 1.54) is 13.3 Å². The van der Waals surface area contributed by atoms with Gasteiger partial charge < -0.3 is 15.8 Å². The van der Waals surface area contributed by atoms with Gasteiger partial charge in [-0.1, -0.05) is 12.1 Å². The van der Waals surface area contributed by atoms with Crippen LogP contribution in [0.3, 0.4) is 0 Å². The molecule has 0 aliphatic carbocycles. The van der Waals surface area contributed by atoms with E-state index in [0.29, 0.717) is 11.3 Å². The van der Waals surface area contributed by atoms with Crippen LogP contribution < -0.4 is 11.1 Å². The number of hydrogen-bond donors (Lipinski definition) is 2. The van der Waals surface area contributed by atoms with Gasteiger partial charge in [-0.05, 0) is 46.6 Å². The van der Waals surface area contributed by atoms with E-state index in [9.17, 15) is 14.4 Å². The number of halogens is 1. The Kier molecular flexibility index (Phi) is 6.99. The number of pyridine rings is 1. The minimum absolute atomic E-state index is 0.0362. The fraction of sp³-hybridized carbons (Fsp3) is 0.222. The van der Waals surface area contributed by atoms with Crippen molar-refractivity contribution in [2.45, 2.75) is 18.9 Å². The molecule has 0 fully saturated rings. The van der Waals surface area contributed by atoms with Gasteiger partial charge in [-0.15, -0.1) is 0 Å². The molecule has 0 aliphatic heterocycles. The van der Waals surface area contributed by atoms with Crippen LogP contribution in [-0.2, 0) is 14.3 Å². The average Bonchev–Trinajstić information content (AvgIpc) is 2.66. The second-order valence-electron chi connectivity index (χ2n) is 5.45. The first-order valence-corrected chi connectivity index (χ1v) is 8.60. The molecular weight excluding hydrogens is 402 g/mol. The summed E-state index contributed by atoms with van der Waals surface area (Å²) in [6.45, 7) is 0. The lowest BCUT2D eigenvalue weighted by Crippen LogP contribution is -2.36. The molecule has 0 saturated heterocycles. The van der Waals surface area contributed by atoms with Crippen molar-refractivity contribution < 1.29 is 19.1 Å². The van der Waals surface area contributed by atoms with Gasteiger partial charge >= 0.3 is 5.97 Å². The van der Waals surface area contributed by atoms with E-state index in [1.54, 1.807) is 36.4 Å². The largest absolute Gasteiger partial charge is 0.469 e. The van der Waals surface area contributed by atoms with Crippen molar-refractivity contribution in [3.8, 4) is 0 Å². The maximum absolute atomic E-state index is 12.7. The number of esters is 1. The Morgan fingerprint density at radius 3 is 2.62 bits per heavy atom. The summed E-state index contributed by atoms with van der Waals surface area (Å²) in [5.41, 5.74) is 6.69. The first-order valence-electron chi connectivity index (χ1n) is 7.81. The van der Waals surface area contributed by atoms with Crippen molar-refractivity contribution in [3.63, 3.8) is 0 Å². The maximum atomic E-state index is 12.7. The zero-order valence-electron chi connectivity index (χ0n) is 14.1. The Bertz CT molecular complexity index is 808. The molecule has 0 saturated carbocycles. The maximum Gasteiger partial charge on any atom is 0.305 e. The topological polar surface area (TPSA) is 111 Å². The summed E-state index contributed by atoms with van der Waals surface area (Å²) in [6.07, 6.45) is 1.70. The molecule has 1 amide bonds. The first-order chi connectivity index (χ1) is 12.4. The molecule has 26 heavy (non-hydrogen) atoms. The lowest BCUT2D eigenvalue weighted by atomic mass is 10.0. The Morgan fingerprint density at radius 1 is 1.23 bits per heavy atom. The SMILES string of the molecule is COC(=O)CC[C@H](N)C(=O)Nc1ccccc1C(=O)c1ccc(Br)cn1. The number of anilines is 1. The van der Waals surface area contributed by atoms with Gasteiger partial charge in [0.1, 0.15) is 5.69 Å². The van der Waals surface area contributed by atoms with E-state index in [2.05, 4.69) is 31.0 Å². The van der Waals surface area contributed by atoms with Gasteiger partial charge in [0.2, 0.25) is 11.7 Å². The molecule has 0 bridgehead atoms. The molecule has 2 rings (SSSR count). The highest BCUT2D eigenvalue weighted by molar-refractivity contribution is 9.10. The predicted octanol–water partition coefficient (Wildman–Crippen LogP) is 2.29. The second-order valence-corrected chi connectivity index (χ2v) is 6.36. The number of carbonyl (C=O) groups is 3. The summed E-state index contributed by atoms with van der Waals surface area (Å²) in [4.78, 5) is 40.2. The van der Waals surface area contributed by atoms with Crippen molar-refractivity contribution in [1.29, 1.82) is 0 Å². The molecule has 0 aliphatic rings. The van der Waals surface area contributed by atoms with Crippen LogP contribution in [-0.4, -0.2) is 35.8 Å². The molecule has 0 spiro atoms. The van der Waals surface area contributed by atoms with Gasteiger partial charge in [0.05, 0.1) is 18.8 Å². The third-order valence-electron chi connectivity index (χ3n) is 3.61. The summed E-state index contributed by atoms with van der Waals surface area (Å²) in [7, 11) is 1.27. The predicted molar refractivity (Wildman–Crippen MR) is 99.7 cm³/mol. The zero-order valence-corrected chi connectivity index (χ0v) is 15.7. The number of nitrogens with zero attached hydrogens (tertiary/aromatic N) is 1. The molecular formula is C18H18BrN3O4. The van der Waals surface area contributed by atoms with Gasteiger partial charge in [-0.2, -0.15) is 0 Å². The van der Waals surface area contributed by atoms with Crippen LogP contribution >= 0.6 is 15.9 Å². The highest BCUT2D eigenvalue weighted by atomic mass is 79.9. The van der Waals surface area contributed by atoms with E-state index in [-0.39, 0.29) is 24.3 Å². The zero-order chi connectivity index (χ0) is 19.1. The Labute approximate surface area is 159 Å². The van der Waals surface area contributed by atoms with Crippen molar-refractivity contribution >= 4 is 39.3 Å². The standard InChI is InChI=1S/C18H18BrN3O4/c1-26-16(23)9-7-13(20)18(25)22-14-5-3-2-4-12(14)17(24)15-8-6-11(19)10-21-15/h2-6,8,10,13H,7,9,20H2,1H3,(H,22,25)/t13-/m0/s1. The highest BCUT2D eigenvalue weighted by Crippen LogP contribution is 2.20. The number of benzene rings is 1. The molecule has 1 atom stereocenters. The van der Waals surface area contributed by atoms with E-state index < -0.39 is 17.9 Å². The number of para-hydroxylation sites is 1. The third-order valence-corrected chi connectivity index (χ3v) is 4.08. The van der Waals surface area contributed by atoms with Crippen LogP contribution in [0.2, 0.25) is 0 Å². The molecule has 8 heteroatoms. The van der Waals surface area contributed by atoms with E-state index in [4.69, 9.17) is 5.73 Å². The monoisotopic (exact) mass is 419 g/mol.